The Kier molecular flexibility index (Phi) is 5.21. The molecule has 23 heavy (non-hydrogen) atoms. The zero-order valence-electron chi connectivity index (χ0n) is 14.1. The number of methoxy groups -OCH3 is 1. The van der Waals surface area contributed by atoms with Crippen LogP contribution >= 0.6 is 0 Å². The maximum absolute atomic E-state index is 12.6. The minimum Gasteiger partial charge on any atom is -0.383 e. The summed E-state index contributed by atoms with van der Waals surface area (Å²) < 4.78 is 10.5. The Labute approximate surface area is 138 Å². The van der Waals surface area contributed by atoms with E-state index in [4.69, 9.17) is 9.47 Å². The molecule has 0 saturated carbocycles. The fourth-order valence-corrected chi connectivity index (χ4v) is 4.33. The number of ether oxygens (including phenoxy) is 2. The van der Waals surface area contributed by atoms with E-state index < -0.39 is 0 Å². The Balaban J connectivity index is 1.64. The summed E-state index contributed by atoms with van der Waals surface area (Å²) in [5.74, 6) is 0.525. The molecule has 130 valence electrons. The molecule has 0 aromatic rings. The molecule has 3 aliphatic rings. The molecule has 1 spiro atoms. The predicted octanol–water partition coefficient (Wildman–Crippen LogP) is 1.04. The van der Waals surface area contributed by atoms with Crippen LogP contribution in [0.25, 0.3) is 0 Å². The zero-order valence-corrected chi connectivity index (χ0v) is 14.1. The van der Waals surface area contributed by atoms with Gasteiger partial charge in [-0.2, -0.15) is 0 Å². The second-order valence-electron chi connectivity index (χ2n) is 7.00. The SMILES string of the molecule is COCCN1C(=O)CC[C@@]12CCCN(C(=O)[C@@H]1CCOC1)CC2. The number of hydrogen-bond donors (Lipinski definition) is 0. The molecule has 3 saturated heterocycles. The van der Waals surface area contributed by atoms with Gasteiger partial charge in [-0.25, -0.2) is 0 Å². The van der Waals surface area contributed by atoms with Crippen LogP contribution in [-0.2, 0) is 19.1 Å². The van der Waals surface area contributed by atoms with E-state index >= 15 is 0 Å². The fraction of sp³-hybridized carbons (Fsp3) is 0.882. The van der Waals surface area contributed by atoms with E-state index in [2.05, 4.69) is 0 Å². The third-order valence-electron chi connectivity index (χ3n) is 5.70. The summed E-state index contributed by atoms with van der Waals surface area (Å²) in [5.41, 5.74) is -0.0587. The van der Waals surface area contributed by atoms with Crippen LogP contribution in [0.3, 0.4) is 0 Å². The lowest BCUT2D eigenvalue weighted by molar-refractivity contribution is -0.135. The molecule has 0 radical (unpaired) electrons. The topological polar surface area (TPSA) is 59.1 Å². The molecular weight excluding hydrogens is 296 g/mol. The molecule has 0 unspecified atom stereocenters. The van der Waals surface area contributed by atoms with Gasteiger partial charge in [-0.15, -0.1) is 0 Å². The van der Waals surface area contributed by atoms with Crippen LogP contribution < -0.4 is 0 Å². The Bertz CT molecular complexity index is 450. The van der Waals surface area contributed by atoms with Crippen molar-refractivity contribution in [3.8, 4) is 0 Å². The van der Waals surface area contributed by atoms with Gasteiger partial charge in [0.15, 0.2) is 0 Å². The average Bonchev–Trinajstić information content (AvgIpc) is 3.12. The van der Waals surface area contributed by atoms with Gasteiger partial charge in [0.05, 0.1) is 19.1 Å². The lowest BCUT2D eigenvalue weighted by Crippen LogP contribution is -2.48. The molecule has 0 bridgehead atoms. The lowest BCUT2D eigenvalue weighted by atomic mass is 9.87. The summed E-state index contributed by atoms with van der Waals surface area (Å²) in [4.78, 5) is 28.9. The van der Waals surface area contributed by atoms with Gasteiger partial charge >= 0.3 is 0 Å². The average molecular weight is 324 g/mol. The number of amides is 2. The van der Waals surface area contributed by atoms with Gasteiger partial charge in [-0.1, -0.05) is 0 Å². The van der Waals surface area contributed by atoms with Gasteiger partial charge in [0.25, 0.3) is 0 Å². The number of rotatable bonds is 4. The third-order valence-corrected chi connectivity index (χ3v) is 5.70. The minimum absolute atomic E-state index is 0.0406. The van der Waals surface area contributed by atoms with Gasteiger partial charge in [-0.05, 0) is 32.1 Å². The maximum Gasteiger partial charge on any atom is 0.228 e. The first-order valence-corrected chi connectivity index (χ1v) is 8.82. The summed E-state index contributed by atoms with van der Waals surface area (Å²) in [6.07, 6.45) is 5.25. The van der Waals surface area contributed by atoms with Crippen LogP contribution in [0.1, 0.15) is 38.5 Å². The molecule has 0 aliphatic carbocycles. The van der Waals surface area contributed by atoms with Crippen LogP contribution in [0.4, 0.5) is 0 Å². The summed E-state index contributed by atoms with van der Waals surface area (Å²) in [5, 5.41) is 0. The minimum atomic E-state index is -0.0587. The monoisotopic (exact) mass is 324 g/mol. The van der Waals surface area contributed by atoms with E-state index in [1.165, 1.54) is 0 Å². The van der Waals surface area contributed by atoms with Crippen LogP contribution in [0.15, 0.2) is 0 Å². The van der Waals surface area contributed by atoms with Crippen molar-refractivity contribution in [1.29, 1.82) is 0 Å². The molecule has 2 amide bonds. The highest BCUT2D eigenvalue weighted by molar-refractivity contribution is 5.80. The van der Waals surface area contributed by atoms with Crippen molar-refractivity contribution >= 4 is 11.8 Å². The van der Waals surface area contributed by atoms with Gasteiger partial charge in [-0.3, -0.25) is 9.59 Å². The Morgan fingerprint density at radius 3 is 2.96 bits per heavy atom. The summed E-state index contributed by atoms with van der Waals surface area (Å²) in [6.45, 7) is 4.08. The van der Waals surface area contributed by atoms with Crippen molar-refractivity contribution in [2.24, 2.45) is 5.92 Å². The molecule has 3 rings (SSSR count). The van der Waals surface area contributed by atoms with Crippen molar-refractivity contribution in [2.75, 3.05) is 46.6 Å². The molecule has 2 atom stereocenters. The Morgan fingerprint density at radius 1 is 1.35 bits per heavy atom. The molecule has 3 heterocycles. The first-order chi connectivity index (χ1) is 11.2. The molecule has 0 N–H and O–H groups in total. The molecule has 3 fully saturated rings. The van der Waals surface area contributed by atoms with E-state index in [0.29, 0.717) is 32.8 Å². The highest BCUT2D eigenvalue weighted by Gasteiger charge is 2.46. The quantitative estimate of drug-likeness (QED) is 0.775. The molecule has 0 aromatic heterocycles. The van der Waals surface area contributed by atoms with Crippen molar-refractivity contribution < 1.29 is 19.1 Å². The molecule has 6 heteroatoms. The molecular formula is C17H28N2O4. The largest absolute Gasteiger partial charge is 0.383 e. The summed E-state index contributed by atoms with van der Waals surface area (Å²) >= 11 is 0. The second kappa shape index (κ2) is 7.18. The Hall–Kier alpha value is -1.14. The number of carbonyl (C=O) groups excluding carboxylic acids is 2. The molecule has 6 nitrogen and oxygen atoms in total. The van der Waals surface area contributed by atoms with Crippen molar-refractivity contribution in [3.05, 3.63) is 0 Å². The highest BCUT2D eigenvalue weighted by atomic mass is 16.5. The summed E-state index contributed by atoms with van der Waals surface area (Å²) in [7, 11) is 1.67. The normalized spacial score (nSPS) is 31.9. The Morgan fingerprint density at radius 2 is 2.22 bits per heavy atom. The standard InChI is InChI=1S/C17H28N2O4/c1-22-12-10-19-15(20)3-6-17(19)5-2-8-18(9-7-17)16(21)14-4-11-23-13-14/h14H,2-13H2,1H3/t14-,17-/m1/s1. The van der Waals surface area contributed by atoms with Crippen LogP contribution in [0.2, 0.25) is 0 Å². The van der Waals surface area contributed by atoms with Crippen LogP contribution in [0.5, 0.6) is 0 Å². The number of carbonyl (C=O) groups is 2. The van der Waals surface area contributed by atoms with E-state index in [-0.39, 0.29) is 23.3 Å². The van der Waals surface area contributed by atoms with Gasteiger partial charge in [0, 0.05) is 45.3 Å². The van der Waals surface area contributed by atoms with Gasteiger partial charge in [0.1, 0.15) is 0 Å². The number of hydrogen-bond acceptors (Lipinski definition) is 4. The predicted molar refractivity (Wildman–Crippen MR) is 84.9 cm³/mol. The van der Waals surface area contributed by atoms with E-state index in [9.17, 15) is 9.59 Å². The van der Waals surface area contributed by atoms with Crippen molar-refractivity contribution in [1.82, 2.24) is 9.80 Å². The second-order valence-corrected chi connectivity index (χ2v) is 7.00. The molecule has 0 aromatic carbocycles. The van der Waals surface area contributed by atoms with Crippen LogP contribution in [0, 0.1) is 5.92 Å². The third kappa shape index (κ3) is 3.38. The highest BCUT2D eigenvalue weighted by Crippen LogP contribution is 2.39. The molecule has 3 aliphatic heterocycles. The smallest absolute Gasteiger partial charge is 0.228 e. The van der Waals surface area contributed by atoms with Crippen molar-refractivity contribution in [2.45, 2.75) is 44.1 Å². The summed E-state index contributed by atoms with van der Waals surface area (Å²) in [6, 6.07) is 0. The number of likely N-dealkylation sites (tertiary alicyclic amines) is 2. The van der Waals surface area contributed by atoms with Gasteiger partial charge in [0.2, 0.25) is 11.8 Å². The first-order valence-electron chi connectivity index (χ1n) is 8.82. The van der Waals surface area contributed by atoms with E-state index in [0.717, 1.165) is 45.2 Å². The fourth-order valence-electron chi connectivity index (χ4n) is 4.33. The maximum atomic E-state index is 12.6. The van der Waals surface area contributed by atoms with Crippen molar-refractivity contribution in [3.63, 3.8) is 0 Å². The van der Waals surface area contributed by atoms with E-state index in [1.54, 1.807) is 7.11 Å². The lowest BCUT2D eigenvalue weighted by Gasteiger charge is -2.38. The van der Waals surface area contributed by atoms with Gasteiger partial charge < -0.3 is 19.3 Å². The number of nitrogens with zero attached hydrogens (tertiary/aromatic N) is 2. The first kappa shape index (κ1) is 16.7. The zero-order chi connectivity index (χ0) is 16.3. The van der Waals surface area contributed by atoms with Crippen LogP contribution in [-0.4, -0.2) is 73.7 Å². The van der Waals surface area contributed by atoms with E-state index in [1.807, 2.05) is 9.80 Å².